The summed E-state index contributed by atoms with van der Waals surface area (Å²) in [6.07, 6.45) is 4.53. The molecule has 1 aliphatic heterocycles. The molecule has 0 aliphatic carbocycles. The molecule has 200 valence electrons. The van der Waals surface area contributed by atoms with Crippen molar-refractivity contribution < 1.29 is 9.53 Å². The maximum absolute atomic E-state index is 12.5. The molecule has 10 heteroatoms. The Hall–Kier alpha value is -3.66. The van der Waals surface area contributed by atoms with E-state index in [-0.39, 0.29) is 11.4 Å². The molecule has 2 heterocycles. The predicted octanol–water partition coefficient (Wildman–Crippen LogP) is 5.24. The number of hydrogen-bond donors (Lipinski definition) is 4. The van der Waals surface area contributed by atoms with Crippen LogP contribution in [0, 0.1) is 0 Å². The standard InChI is InChI=1S/C28H34ClN7O2/c1-28(2,3)35-27(37)19-6-5-7-21(13-19)38-24-9-8-20(14-23(24)29)34-26-22-12-18(15-36(4)16-30)10-11-31-25(22)32-17-33-26/h5-9,12-14,17H,10-11,15-16,30H2,1-4H3,(H,35,37)(H2,31,32,33,34). The largest absolute Gasteiger partial charge is 0.456 e. The Morgan fingerprint density at radius 1 is 1.21 bits per heavy atom. The molecular formula is C28H34ClN7O2. The number of carbonyl (C=O) groups excluding carboxylic acids is 1. The summed E-state index contributed by atoms with van der Waals surface area (Å²) >= 11 is 6.58. The third-order valence-corrected chi connectivity index (χ3v) is 6.06. The van der Waals surface area contributed by atoms with Crippen LogP contribution in [0.1, 0.15) is 43.1 Å². The highest BCUT2D eigenvalue weighted by atomic mass is 35.5. The molecule has 3 aromatic rings. The molecule has 0 radical (unpaired) electrons. The van der Waals surface area contributed by atoms with E-state index in [1.54, 1.807) is 36.4 Å². The van der Waals surface area contributed by atoms with Crippen LogP contribution in [-0.2, 0) is 0 Å². The van der Waals surface area contributed by atoms with Crippen LogP contribution in [0.4, 0.5) is 17.3 Å². The minimum absolute atomic E-state index is 0.168. The summed E-state index contributed by atoms with van der Waals surface area (Å²) < 4.78 is 6.00. The van der Waals surface area contributed by atoms with Gasteiger partial charge in [0.05, 0.1) is 10.6 Å². The first-order chi connectivity index (χ1) is 18.1. The van der Waals surface area contributed by atoms with E-state index in [1.165, 1.54) is 11.9 Å². The summed E-state index contributed by atoms with van der Waals surface area (Å²) in [5.74, 6) is 2.26. The van der Waals surface area contributed by atoms with E-state index in [1.807, 2.05) is 33.9 Å². The van der Waals surface area contributed by atoms with Gasteiger partial charge in [0.25, 0.3) is 5.91 Å². The second-order valence-electron chi connectivity index (χ2n) is 10.3. The number of anilines is 3. The number of ether oxygens (including phenoxy) is 1. The quantitative estimate of drug-likeness (QED) is 0.289. The van der Waals surface area contributed by atoms with E-state index < -0.39 is 0 Å². The molecule has 0 unspecified atom stereocenters. The van der Waals surface area contributed by atoms with Gasteiger partial charge in [0, 0.05) is 36.5 Å². The maximum Gasteiger partial charge on any atom is 0.251 e. The van der Waals surface area contributed by atoms with Crippen molar-refractivity contribution in [2.75, 3.05) is 37.4 Å². The van der Waals surface area contributed by atoms with Crippen molar-refractivity contribution in [1.29, 1.82) is 0 Å². The minimum atomic E-state index is -0.337. The van der Waals surface area contributed by atoms with Crippen LogP contribution < -0.4 is 26.4 Å². The van der Waals surface area contributed by atoms with Crippen molar-refractivity contribution in [2.24, 2.45) is 5.73 Å². The molecule has 38 heavy (non-hydrogen) atoms. The second kappa shape index (κ2) is 11.8. The van der Waals surface area contributed by atoms with Gasteiger partial charge in [-0.2, -0.15) is 0 Å². The summed E-state index contributed by atoms with van der Waals surface area (Å²) in [5.41, 5.74) is 8.82. The average molecular weight is 536 g/mol. The fraction of sp³-hybridized carbons (Fsp3) is 0.321. The van der Waals surface area contributed by atoms with Gasteiger partial charge in [-0.15, -0.1) is 0 Å². The lowest BCUT2D eigenvalue weighted by molar-refractivity contribution is 0.0919. The average Bonchev–Trinajstić information content (AvgIpc) is 3.07. The van der Waals surface area contributed by atoms with Gasteiger partial charge in [0.1, 0.15) is 29.5 Å². The molecule has 4 rings (SSSR count). The van der Waals surface area contributed by atoms with Crippen molar-refractivity contribution in [3.63, 3.8) is 0 Å². The number of aromatic nitrogens is 2. The number of likely N-dealkylation sites (N-methyl/N-ethyl adjacent to an activating group) is 1. The lowest BCUT2D eigenvalue weighted by atomic mass is 10.1. The number of nitrogens with one attached hydrogen (secondary N) is 3. The van der Waals surface area contributed by atoms with Crippen LogP contribution in [0.2, 0.25) is 5.02 Å². The van der Waals surface area contributed by atoms with Gasteiger partial charge in [0.15, 0.2) is 0 Å². The molecule has 1 aliphatic rings. The maximum atomic E-state index is 12.5. The topological polar surface area (TPSA) is 117 Å². The summed E-state index contributed by atoms with van der Waals surface area (Å²) in [6.45, 7) is 7.84. The monoisotopic (exact) mass is 535 g/mol. The van der Waals surface area contributed by atoms with Gasteiger partial charge in [-0.05, 0) is 76.7 Å². The van der Waals surface area contributed by atoms with Gasteiger partial charge in [-0.3, -0.25) is 9.69 Å². The molecule has 0 atom stereocenters. The number of rotatable bonds is 8. The molecule has 5 N–H and O–H groups in total. The molecule has 1 aromatic heterocycles. The van der Waals surface area contributed by atoms with Crippen LogP contribution >= 0.6 is 11.6 Å². The van der Waals surface area contributed by atoms with Crippen LogP contribution in [0.5, 0.6) is 11.5 Å². The highest BCUT2D eigenvalue weighted by Gasteiger charge is 2.17. The molecule has 1 amide bonds. The Balaban J connectivity index is 1.52. The van der Waals surface area contributed by atoms with Crippen LogP contribution in [0.3, 0.4) is 0 Å². The Morgan fingerprint density at radius 2 is 2.03 bits per heavy atom. The molecule has 0 bridgehead atoms. The first-order valence-electron chi connectivity index (χ1n) is 12.5. The Kier molecular flexibility index (Phi) is 8.51. The van der Waals surface area contributed by atoms with Crippen LogP contribution in [-0.4, -0.2) is 53.1 Å². The summed E-state index contributed by atoms with van der Waals surface area (Å²) in [4.78, 5) is 23.5. The van der Waals surface area contributed by atoms with Gasteiger partial charge in [-0.1, -0.05) is 23.2 Å². The van der Waals surface area contributed by atoms with E-state index in [2.05, 4.69) is 36.9 Å². The zero-order chi connectivity index (χ0) is 27.3. The Morgan fingerprint density at radius 3 is 2.76 bits per heavy atom. The van der Waals surface area contributed by atoms with Crippen LogP contribution in [0.25, 0.3) is 6.08 Å². The smallest absolute Gasteiger partial charge is 0.251 e. The normalized spacial score (nSPS) is 13.2. The van der Waals surface area contributed by atoms with Gasteiger partial charge >= 0.3 is 0 Å². The molecule has 0 saturated carbocycles. The second-order valence-corrected chi connectivity index (χ2v) is 10.7. The van der Waals surface area contributed by atoms with Crippen molar-refractivity contribution in [3.05, 3.63) is 70.5 Å². The SMILES string of the molecule is CN(CN)CC1=Cc2c(ncnc2Nc2ccc(Oc3cccc(C(=O)NC(C)(C)C)c3)c(Cl)c2)NCC1. The number of fused-ring (bicyclic) bond motifs is 1. The van der Waals surface area contributed by atoms with E-state index in [4.69, 9.17) is 22.1 Å². The van der Waals surface area contributed by atoms with Crippen molar-refractivity contribution >= 4 is 40.9 Å². The van der Waals surface area contributed by atoms with Gasteiger partial charge in [-0.25, -0.2) is 9.97 Å². The fourth-order valence-electron chi connectivity index (χ4n) is 3.97. The predicted molar refractivity (Wildman–Crippen MR) is 153 cm³/mol. The number of nitrogens with two attached hydrogens (primary N) is 1. The van der Waals surface area contributed by atoms with E-state index in [0.29, 0.717) is 34.6 Å². The first kappa shape index (κ1) is 27.4. The van der Waals surface area contributed by atoms with E-state index >= 15 is 0 Å². The third kappa shape index (κ3) is 7.22. The van der Waals surface area contributed by atoms with Gasteiger partial charge < -0.3 is 26.4 Å². The fourth-order valence-corrected chi connectivity index (χ4v) is 4.18. The minimum Gasteiger partial charge on any atom is -0.456 e. The summed E-state index contributed by atoms with van der Waals surface area (Å²) in [6, 6.07) is 12.4. The van der Waals surface area contributed by atoms with Crippen molar-refractivity contribution in [1.82, 2.24) is 20.2 Å². The van der Waals surface area contributed by atoms with Gasteiger partial charge in [0.2, 0.25) is 0 Å². The number of benzene rings is 2. The molecule has 0 spiro atoms. The number of hydrogen-bond acceptors (Lipinski definition) is 8. The van der Waals surface area contributed by atoms with Crippen molar-refractivity contribution in [2.45, 2.75) is 32.7 Å². The van der Waals surface area contributed by atoms with Crippen LogP contribution in [0.15, 0.2) is 54.4 Å². The molecule has 9 nitrogen and oxygen atoms in total. The highest BCUT2D eigenvalue weighted by molar-refractivity contribution is 6.32. The van der Waals surface area contributed by atoms with Crippen molar-refractivity contribution in [3.8, 4) is 11.5 Å². The molecule has 0 saturated heterocycles. The number of halogens is 1. The molecule has 0 fully saturated rings. The Labute approximate surface area is 228 Å². The van der Waals surface area contributed by atoms with E-state index in [9.17, 15) is 4.79 Å². The lowest BCUT2D eigenvalue weighted by Crippen LogP contribution is -2.40. The zero-order valence-corrected chi connectivity index (χ0v) is 22.9. The lowest BCUT2D eigenvalue weighted by Gasteiger charge is -2.20. The summed E-state index contributed by atoms with van der Waals surface area (Å²) in [5, 5.41) is 10.1. The summed E-state index contributed by atoms with van der Waals surface area (Å²) in [7, 11) is 1.99. The number of nitrogens with zero attached hydrogens (tertiary/aromatic N) is 3. The molecular weight excluding hydrogens is 502 g/mol. The Bertz CT molecular complexity index is 1340. The first-order valence-corrected chi connectivity index (χ1v) is 12.8. The molecule has 2 aromatic carbocycles. The zero-order valence-electron chi connectivity index (χ0n) is 22.1. The number of carbonyl (C=O) groups is 1. The highest BCUT2D eigenvalue weighted by Crippen LogP contribution is 2.34. The third-order valence-electron chi connectivity index (χ3n) is 5.76. The number of amides is 1. The van der Waals surface area contributed by atoms with E-state index in [0.717, 1.165) is 36.6 Å².